The topological polar surface area (TPSA) is 69.0 Å². The zero-order chi connectivity index (χ0) is 15.1. The minimum absolute atomic E-state index is 0.156. The first-order chi connectivity index (χ1) is 10.2. The fraction of sp³-hybridized carbons (Fsp3) is 0.267. The lowest BCUT2D eigenvalue weighted by Crippen LogP contribution is -2.35. The Labute approximate surface area is 127 Å². The van der Waals surface area contributed by atoms with E-state index in [1.165, 1.54) is 11.3 Å². The molecule has 0 saturated heterocycles. The molecule has 0 radical (unpaired) electrons. The summed E-state index contributed by atoms with van der Waals surface area (Å²) in [4.78, 5) is 18.0. The summed E-state index contributed by atoms with van der Waals surface area (Å²) < 4.78 is 0. The molecule has 0 aliphatic carbocycles. The van der Waals surface area contributed by atoms with Gasteiger partial charge in [-0.05, 0) is 24.1 Å². The second kappa shape index (κ2) is 7.41. The second-order valence-electron chi connectivity index (χ2n) is 4.50. The van der Waals surface area contributed by atoms with E-state index >= 15 is 0 Å². The normalized spacial score (nSPS) is 9.90. The van der Waals surface area contributed by atoms with Gasteiger partial charge in [0.1, 0.15) is 0 Å². The van der Waals surface area contributed by atoms with Crippen molar-refractivity contribution >= 4 is 22.5 Å². The molecule has 2 amide bonds. The third-order valence-electron chi connectivity index (χ3n) is 2.88. The number of nitrogens with zero attached hydrogens (tertiary/aromatic N) is 3. The summed E-state index contributed by atoms with van der Waals surface area (Å²) in [5, 5.41) is 14.0. The maximum absolute atomic E-state index is 12.3. The summed E-state index contributed by atoms with van der Waals surface area (Å²) in [6, 6.07) is 9.20. The molecular formula is C15H16N4OS. The smallest absolute Gasteiger partial charge is 0.320 e. The lowest BCUT2D eigenvalue weighted by atomic mass is 10.1. The quantitative estimate of drug-likeness (QED) is 0.919. The number of hydrogen-bond acceptors (Lipinski definition) is 4. The Balaban J connectivity index is 2.03. The molecule has 1 heterocycles. The predicted octanol–water partition coefficient (Wildman–Crippen LogP) is 3.46. The highest BCUT2D eigenvalue weighted by Gasteiger charge is 2.14. The third-order valence-corrected chi connectivity index (χ3v) is 3.57. The Kier molecular flexibility index (Phi) is 5.29. The molecule has 1 aromatic carbocycles. The number of carbonyl (C=O) groups is 1. The first-order valence-corrected chi connectivity index (χ1v) is 7.55. The van der Waals surface area contributed by atoms with Gasteiger partial charge < -0.3 is 4.90 Å². The zero-order valence-electron chi connectivity index (χ0n) is 11.7. The highest BCUT2D eigenvalue weighted by molar-refractivity contribution is 7.13. The van der Waals surface area contributed by atoms with Crippen LogP contribution >= 0.6 is 11.3 Å². The van der Waals surface area contributed by atoms with E-state index in [-0.39, 0.29) is 6.03 Å². The van der Waals surface area contributed by atoms with Gasteiger partial charge in [0, 0.05) is 24.7 Å². The maximum atomic E-state index is 12.3. The summed E-state index contributed by atoms with van der Waals surface area (Å²) in [6.45, 7) is 3.20. The molecule has 2 aromatic rings. The summed E-state index contributed by atoms with van der Waals surface area (Å²) in [5.41, 5.74) is 1.62. The Morgan fingerprint density at radius 2 is 2.19 bits per heavy atom. The fourth-order valence-electron chi connectivity index (χ4n) is 1.88. The number of hydrogen-bond donors (Lipinski definition) is 1. The highest BCUT2D eigenvalue weighted by Crippen LogP contribution is 2.13. The number of nitriles is 1. The number of aromatic nitrogens is 1. The summed E-state index contributed by atoms with van der Waals surface area (Å²) in [7, 11) is 0. The lowest BCUT2D eigenvalue weighted by Gasteiger charge is -2.22. The molecule has 0 saturated carbocycles. The third kappa shape index (κ3) is 4.29. The number of anilines is 1. The van der Waals surface area contributed by atoms with Crippen LogP contribution in [0.15, 0.2) is 35.8 Å². The molecule has 0 unspecified atom stereocenters. The van der Waals surface area contributed by atoms with Gasteiger partial charge in [-0.25, -0.2) is 9.78 Å². The molecule has 1 N–H and O–H groups in total. The summed E-state index contributed by atoms with van der Waals surface area (Å²) in [5.74, 6) is 0. The summed E-state index contributed by atoms with van der Waals surface area (Å²) in [6.07, 6.45) is 2.53. The number of benzene rings is 1. The van der Waals surface area contributed by atoms with E-state index in [9.17, 15) is 4.79 Å². The average molecular weight is 300 g/mol. The van der Waals surface area contributed by atoms with Gasteiger partial charge in [-0.2, -0.15) is 5.26 Å². The molecule has 1 aromatic heterocycles. The van der Waals surface area contributed by atoms with Crippen LogP contribution in [0.2, 0.25) is 0 Å². The van der Waals surface area contributed by atoms with Crippen molar-refractivity contribution < 1.29 is 4.79 Å². The van der Waals surface area contributed by atoms with Gasteiger partial charge in [0.25, 0.3) is 0 Å². The molecule has 5 nitrogen and oxygen atoms in total. The fourth-order valence-corrected chi connectivity index (χ4v) is 2.40. The Morgan fingerprint density at radius 3 is 2.76 bits per heavy atom. The van der Waals surface area contributed by atoms with E-state index in [0.717, 1.165) is 12.0 Å². The van der Waals surface area contributed by atoms with Crippen molar-refractivity contribution in [1.29, 1.82) is 5.26 Å². The number of carbonyl (C=O) groups excluding carboxylic acids is 1. The van der Waals surface area contributed by atoms with Crippen LogP contribution < -0.4 is 5.32 Å². The molecule has 0 fully saturated rings. The molecule has 0 bridgehead atoms. The molecule has 108 valence electrons. The van der Waals surface area contributed by atoms with E-state index < -0.39 is 0 Å². The van der Waals surface area contributed by atoms with E-state index in [4.69, 9.17) is 5.26 Å². The Morgan fingerprint density at radius 1 is 1.43 bits per heavy atom. The molecule has 0 aliphatic rings. The molecule has 0 atom stereocenters. The average Bonchev–Trinajstić information content (AvgIpc) is 3.00. The van der Waals surface area contributed by atoms with Crippen molar-refractivity contribution in [3.8, 4) is 6.07 Å². The van der Waals surface area contributed by atoms with E-state index in [2.05, 4.69) is 16.4 Å². The van der Waals surface area contributed by atoms with E-state index in [0.29, 0.717) is 23.8 Å². The van der Waals surface area contributed by atoms with Crippen LogP contribution in [0.25, 0.3) is 0 Å². The molecule has 21 heavy (non-hydrogen) atoms. The zero-order valence-corrected chi connectivity index (χ0v) is 12.6. The molecular weight excluding hydrogens is 284 g/mol. The minimum atomic E-state index is -0.156. The van der Waals surface area contributed by atoms with Crippen molar-refractivity contribution in [2.75, 3.05) is 11.9 Å². The summed E-state index contributed by atoms with van der Waals surface area (Å²) >= 11 is 1.39. The van der Waals surface area contributed by atoms with Crippen molar-refractivity contribution in [3.05, 3.63) is 47.0 Å². The van der Waals surface area contributed by atoms with Gasteiger partial charge in [0.05, 0.1) is 11.6 Å². The second-order valence-corrected chi connectivity index (χ2v) is 5.39. The van der Waals surface area contributed by atoms with Gasteiger partial charge in [-0.3, -0.25) is 5.32 Å². The van der Waals surface area contributed by atoms with Crippen LogP contribution in [-0.4, -0.2) is 22.5 Å². The first kappa shape index (κ1) is 15.0. The first-order valence-electron chi connectivity index (χ1n) is 6.67. The largest absolute Gasteiger partial charge is 0.323 e. The number of nitrogens with one attached hydrogen (secondary N) is 1. The van der Waals surface area contributed by atoms with Crippen molar-refractivity contribution in [2.45, 2.75) is 19.9 Å². The Bertz CT molecular complexity index is 616. The van der Waals surface area contributed by atoms with E-state index in [1.807, 2.05) is 24.4 Å². The molecule has 6 heteroatoms. The minimum Gasteiger partial charge on any atom is -0.320 e. The Hall–Kier alpha value is -2.39. The maximum Gasteiger partial charge on any atom is 0.323 e. The van der Waals surface area contributed by atoms with Gasteiger partial charge in [0.15, 0.2) is 5.13 Å². The van der Waals surface area contributed by atoms with Crippen LogP contribution in [0.5, 0.6) is 0 Å². The number of amides is 2. The van der Waals surface area contributed by atoms with Gasteiger partial charge in [-0.15, -0.1) is 11.3 Å². The van der Waals surface area contributed by atoms with Crippen LogP contribution in [0, 0.1) is 11.3 Å². The van der Waals surface area contributed by atoms with Crippen molar-refractivity contribution in [2.24, 2.45) is 0 Å². The SMILES string of the molecule is CCCN(Cc1ccc(C#N)cc1)C(=O)Nc1nccs1. The number of rotatable bonds is 5. The van der Waals surface area contributed by atoms with Crippen molar-refractivity contribution in [3.63, 3.8) is 0 Å². The van der Waals surface area contributed by atoms with Gasteiger partial charge in [0.2, 0.25) is 0 Å². The van der Waals surface area contributed by atoms with Crippen LogP contribution in [0.4, 0.5) is 9.93 Å². The predicted molar refractivity (Wildman–Crippen MR) is 83.0 cm³/mol. The molecule has 0 aliphatic heterocycles. The highest BCUT2D eigenvalue weighted by atomic mass is 32.1. The van der Waals surface area contributed by atoms with Gasteiger partial charge >= 0.3 is 6.03 Å². The molecule has 0 spiro atoms. The van der Waals surface area contributed by atoms with Crippen LogP contribution in [0.1, 0.15) is 24.5 Å². The van der Waals surface area contributed by atoms with Crippen LogP contribution in [0.3, 0.4) is 0 Å². The van der Waals surface area contributed by atoms with Gasteiger partial charge in [-0.1, -0.05) is 19.1 Å². The van der Waals surface area contributed by atoms with Crippen LogP contribution in [-0.2, 0) is 6.54 Å². The monoisotopic (exact) mass is 300 g/mol. The standard InChI is InChI=1S/C15H16N4OS/c1-2-8-19(15(20)18-14-17-7-9-21-14)11-13-5-3-12(10-16)4-6-13/h3-7,9H,2,8,11H2,1H3,(H,17,18,20). The number of thiazole rings is 1. The molecule has 2 rings (SSSR count). The van der Waals surface area contributed by atoms with E-state index in [1.54, 1.807) is 23.2 Å². The van der Waals surface area contributed by atoms with Crippen molar-refractivity contribution in [1.82, 2.24) is 9.88 Å². The lowest BCUT2D eigenvalue weighted by molar-refractivity contribution is 0.209. The number of urea groups is 1.